The van der Waals surface area contributed by atoms with Gasteiger partial charge in [0.15, 0.2) is 0 Å². The number of carboxylic acid groups (broad SMARTS) is 1. The standard InChI is InChI=1S/C16H18N6O.CH2O2/c1-17-7-11-5-3-4-6-13(11)14-9-18-21-15(14)16(23)20-12-8-19-22(2)10-12;2-1-3/h3-6,8-10,17H,7H2,1-2H3,(H,18,21)(H,20,23);1H,(H,2,3). The molecule has 136 valence electrons. The van der Waals surface area contributed by atoms with Gasteiger partial charge in [0.1, 0.15) is 5.69 Å². The summed E-state index contributed by atoms with van der Waals surface area (Å²) < 4.78 is 1.63. The molecule has 0 unspecified atom stereocenters. The van der Waals surface area contributed by atoms with Crippen molar-refractivity contribution in [2.75, 3.05) is 12.4 Å². The van der Waals surface area contributed by atoms with Crippen LogP contribution in [0.4, 0.5) is 5.69 Å². The largest absolute Gasteiger partial charge is 0.483 e. The molecule has 9 heteroatoms. The number of rotatable bonds is 5. The summed E-state index contributed by atoms with van der Waals surface area (Å²) in [5.74, 6) is -0.246. The second-order valence-electron chi connectivity index (χ2n) is 5.31. The maximum Gasteiger partial charge on any atom is 0.290 e. The number of aromatic nitrogens is 4. The molecule has 0 saturated heterocycles. The van der Waals surface area contributed by atoms with E-state index in [4.69, 9.17) is 9.90 Å². The quantitative estimate of drug-likeness (QED) is 0.513. The molecule has 1 amide bonds. The average Bonchev–Trinajstić information content (AvgIpc) is 3.25. The second kappa shape index (κ2) is 9.14. The van der Waals surface area contributed by atoms with Crippen molar-refractivity contribution in [3.05, 3.63) is 54.1 Å². The fourth-order valence-electron chi connectivity index (χ4n) is 2.47. The molecular formula is C17H20N6O3. The lowest BCUT2D eigenvalue weighted by atomic mass is 10.00. The topological polar surface area (TPSA) is 125 Å². The van der Waals surface area contributed by atoms with Gasteiger partial charge in [-0.05, 0) is 18.2 Å². The molecular weight excluding hydrogens is 336 g/mol. The molecule has 3 rings (SSSR count). The summed E-state index contributed by atoms with van der Waals surface area (Å²) in [6, 6.07) is 7.94. The number of benzene rings is 1. The van der Waals surface area contributed by atoms with Crippen molar-refractivity contribution in [2.24, 2.45) is 7.05 Å². The van der Waals surface area contributed by atoms with Crippen LogP contribution in [-0.4, -0.2) is 44.5 Å². The Hall–Kier alpha value is -3.46. The van der Waals surface area contributed by atoms with Crippen LogP contribution in [0.25, 0.3) is 11.1 Å². The number of aromatic amines is 1. The summed E-state index contributed by atoms with van der Waals surface area (Å²) in [7, 11) is 3.69. The van der Waals surface area contributed by atoms with Crippen LogP contribution < -0.4 is 10.6 Å². The zero-order chi connectivity index (χ0) is 18.9. The Kier molecular flexibility index (Phi) is 6.63. The third-order valence-electron chi connectivity index (χ3n) is 3.50. The van der Waals surface area contributed by atoms with Crippen LogP contribution >= 0.6 is 0 Å². The second-order valence-corrected chi connectivity index (χ2v) is 5.31. The van der Waals surface area contributed by atoms with E-state index in [0.29, 0.717) is 17.9 Å². The SMILES string of the molecule is CNCc1ccccc1-c1cn[nH]c1C(=O)Nc1cnn(C)c1.O=CO. The third kappa shape index (κ3) is 4.54. The van der Waals surface area contributed by atoms with E-state index < -0.39 is 0 Å². The number of aryl methyl sites for hydroxylation is 1. The molecule has 1 aromatic carbocycles. The van der Waals surface area contributed by atoms with Crippen LogP contribution in [-0.2, 0) is 18.4 Å². The molecule has 9 nitrogen and oxygen atoms in total. The molecule has 0 aliphatic rings. The van der Waals surface area contributed by atoms with E-state index in [1.165, 1.54) is 0 Å². The lowest BCUT2D eigenvalue weighted by Gasteiger charge is -2.09. The summed E-state index contributed by atoms with van der Waals surface area (Å²) in [5, 5.41) is 23.7. The van der Waals surface area contributed by atoms with Crippen molar-refractivity contribution in [2.45, 2.75) is 6.54 Å². The lowest BCUT2D eigenvalue weighted by molar-refractivity contribution is -0.122. The van der Waals surface area contributed by atoms with Crippen LogP contribution in [0, 0.1) is 0 Å². The average molecular weight is 356 g/mol. The van der Waals surface area contributed by atoms with Crippen molar-refractivity contribution in [1.29, 1.82) is 0 Å². The van der Waals surface area contributed by atoms with E-state index in [0.717, 1.165) is 16.7 Å². The summed E-state index contributed by atoms with van der Waals surface area (Å²) in [6.07, 6.45) is 5.01. The zero-order valence-corrected chi connectivity index (χ0v) is 14.4. The van der Waals surface area contributed by atoms with Crippen LogP contribution in [0.2, 0.25) is 0 Å². The van der Waals surface area contributed by atoms with Gasteiger partial charge < -0.3 is 15.7 Å². The predicted molar refractivity (Wildman–Crippen MR) is 96.6 cm³/mol. The van der Waals surface area contributed by atoms with E-state index in [-0.39, 0.29) is 12.4 Å². The van der Waals surface area contributed by atoms with Gasteiger partial charge in [-0.15, -0.1) is 0 Å². The first kappa shape index (κ1) is 18.9. The van der Waals surface area contributed by atoms with Gasteiger partial charge in [0, 0.05) is 25.4 Å². The van der Waals surface area contributed by atoms with E-state index >= 15 is 0 Å². The smallest absolute Gasteiger partial charge is 0.290 e. The van der Waals surface area contributed by atoms with Gasteiger partial charge in [0.25, 0.3) is 12.4 Å². The van der Waals surface area contributed by atoms with Gasteiger partial charge in [0.05, 0.1) is 18.1 Å². The number of carbonyl (C=O) groups is 2. The normalized spacial score (nSPS) is 9.92. The van der Waals surface area contributed by atoms with Gasteiger partial charge in [0.2, 0.25) is 0 Å². The minimum Gasteiger partial charge on any atom is -0.483 e. The number of hydrogen-bond donors (Lipinski definition) is 4. The van der Waals surface area contributed by atoms with Crippen LogP contribution in [0.3, 0.4) is 0 Å². The van der Waals surface area contributed by atoms with E-state index in [1.54, 1.807) is 30.3 Å². The highest BCUT2D eigenvalue weighted by Crippen LogP contribution is 2.26. The summed E-state index contributed by atoms with van der Waals surface area (Å²) in [6.45, 7) is 0.463. The molecule has 3 aromatic rings. The molecule has 0 atom stereocenters. The van der Waals surface area contributed by atoms with Crippen molar-refractivity contribution >= 4 is 18.1 Å². The number of nitrogens with one attached hydrogen (secondary N) is 3. The summed E-state index contributed by atoms with van der Waals surface area (Å²) >= 11 is 0. The summed E-state index contributed by atoms with van der Waals surface area (Å²) in [5.41, 5.74) is 3.93. The highest BCUT2D eigenvalue weighted by atomic mass is 16.3. The number of hydrogen-bond acceptors (Lipinski definition) is 5. The van der Waals surface area contributed by atoms with Crippen LogP contribution in [0.1, 0.15) is 16.1 Å². The fraction of sp³-hybridized carbons (Fsp3) is 0.176. The van der Waals surface area contributed by atoms with Gasteiger partial charge in [-0.3, -0.25) is 19.4 Å². The Morgan fingerprint density at radius 1 is 1.31 bits per heavy atom. The highest BCUT2D eigenvalue weighted by molar-refractivity contribution is 6.07. The Morgan fingerprint density at radius 3 is 2.69 bits per heavy atom. The van der Waals surface area contributed by atoms with Gasteiger partial charge in [-0.25, -0.2) is 0 Å². The molecule has 4 N–H and O–H groups in total. The summed E-state index contributed by atoms with van der Waals surface area (Å²) in [4.78, 5) is 20.9. The maximum atomic E-state index is 12.5. The molecule has 2 heterocycles. The highest BCUT2D eigenvalue weighted by Gasteiger charge is 2.17. The molecule has 0 aliphatic carbocycles. The number of amides is 1. The number of anilines is 1. The third-order valence-corrected chi connectivity index (χ3v) is 3.50. The van der Waals surface area contributed by atoms with Crippen LogP contribution in [0.15, 0.2) is 42.9 Å². The lowest BCUT2D eigenvalue weighted by Crippen LogP contribution is -2.14. The van der Waals surface area contributed by atoms with E-state index in [2.05, 4.69) is 25.9 Å². The monoisotopic (exact) mass is 356 g/mol. The molecule has 0 radical (unpaired) electrons. The van der Waals surface area contributed by atoms with Gasteiger partial charge in [-0.1, -0.05) is 24.3 Å². The Balaban J connectivity index is 0.000000758. The molecule has 2 aromatic heterocycles. The molecule has 0 bridgehead atoms. The number of H-pyrrole nitrogens is 1. The van der Waals surface area contributed by atoms with Gasteiger partial charge >= 0.3 is 0 Å². The first-order chi connectivity index (χ1) is 12.6. The van der Waals surface area contributed by atoms with Crippen molar-refractivity contribution in [1.82, 2.24) is 25.3 Å². The molecule has 0 aliphatic heterocycles. The predicted octanol–water partition coefficient (Wildman–Crippen LogP) is 1.48. The molecule has 0 spiro atoms. The number of nitrogens with zero attached hydrogens (tertiary/aromatic N) is 3. The van der Waals surface area contributed by atoms with Gasteiger partial charge in [-0.2, -0.15) is 10.2 Å². The Bertz CT molecular complexity index is 871. The number of carbonyl (C=O) groups excluding carboxylic acids is 1. The molecule has 26 heavy (non-hydrogen) atoms. The van der Waals surface area contributed by atoms with Crippen molar-refractivity contribution in [3.63, 3.8) is 0 Å². The first-order valence-corrected chi connectivity index (χ1v) is 7.74. The molecule has 0 saturated carbocycles. The zero-order valence-electron chi connectivity index (χ0n) is 14.4. The fourth-order valence-corrected chi connectivity index (χ4v) is 2.47. The minimum atomic E-state index is -0.250. The molecule has 0 fully saturated rings. The maximum absolute atomic E-state index is 12.5. The minimum absolute atomic E-state index is 0.246. The van der Waals surface area contributed by atoms with E-state index in [9.17, 15) is 4.79 Å². The van der Waals surface area contributed by atoms with Crippen LogP contribution in [0.5, 0.6) is 0 Å². The first-order valence-electron chi connectivity index (χ1n) is 7.74. The Labute approximate surface area is 150 Å². The van der Waals surface area contributed by atoms with Crippen molar-refractivity contribution < 1.29 is 14.7 Å². The van der Waals surface area contributed by atoms with E-state index in [1.807, 2.05) is 31.3 Å². The Morgan fingerprint density at radius 2 is 2.04 bits per heavy atom. The van der Waals surface area contributed by atoms with Crippen molar-refractivity contribution in [3.8, 4) is 11.1 Å².